The molecule has 1 aromatic carbocycles. The average molecular weight is 253 g/mol. The van der Waals surface area contributed by atoms with E-state index < -0.39 is 5.97 Å². The van der Waals surface area contributed by atoms with E-state index in [-0.39, 0.29) is 5.56 Å². The summed E-state index contributed by atoms with van der Waals surface area (Å²) in [5.74, 6) is -0.939. The van der Waals surface area contributed by atoms with Crippen LogP contribution in [0.25, 0.3) is 10.4 Å². The number of halogens is 1. The summed E-state index contributed by atoms with van der Waals surface area (Å²) >= 11 is 7.66. The lowest BCUT2D eigenvalue weighted by Gasteiger charge is -2.02. The first-order chi connectivity index (χ1) is 7.58. The fraction of sp³-hybridized carbons (Fsp3) is 0.0833. The highest BCUT2D eigenvalue weighted by atomic mass is 35.5. The minimum absolute atomic E-state index is 0.255. The molecule has 0 bridgehead atoms. The SMILES string of the molecule is Cc1ccc(-c2cc(C(=O)O)ccc2Cl)s1. The van der Waals surface area contributed by atoms with Crippen LogP contribution in [0.5, 0.6) is 0 Å². The molecule has 1 N–H and O–H groups in total. The molecule has 0 aliphatic carbocycles. The third-order valence-corrected chi connectivity index (χ3v) is 3.58. The second kappa shape index (κ2) is 4.28. The van der Waals surface area contributed by atoms with Crippen LogP contribution in [0.4, 0.5) is 0 Å². The fourth-order valence-electron chi connectivity index (χ4n) is 1.43. The first-order valence-corrected chi connectivity index (χ1v) is 5.87. The van der Waals surface area contributed by atoms with Crippen LogP contribution in [-0.2, 0) is 0 Å². The van der Waals surface area contributed by atoms with Gasteiger partial charge in [0.1, 0.15) is 0 Å². The van der Waals surface area contributed by atoms with Crippen LogP contribution in [-0.4, -0.2) is 11.1 Å². The van der Waals surface area contributed by atoms with Gasteiger partial charge in [0.25, 0.3) is 0 Å². The standard InChI is InChI=1S/C12H9ClO2S/c1-7-2-5-11(16-7)9-6-8(12(14)15)3-4-10(9)13/h2-6H,1H3,(H,14,15). The van der Waals surface area contributed by atoms with Crippen molar-refractivity contribution in [3.05, 3.63) is 45.8 Å². The largest absolute Gasteiger partial charge is 0.478 e. The van der Waals surface area contributed by atoms with Crippen molar-refractivity contribution in [3.63, 3.8) is 0 Å². The van der Waals surface area contributed by atoms with Crippen molar-refractivity contribution in [2.45, 2.75) is 6.92 Å². The van der Waals surface area contributed by atoms with Crippen molar-refractivity contribution >= 4 is 28.9 Å². The summed E-state index contributed by atoms with van der Waals surface area (Å²) in [6, 6.07) is 8.68. The Labute approximate surface area is 102 Å². The van der Waals surface area contributed by atoms with Crippen LogP contribution in [0.3, 0.4) is 0 Å². The molecule has 0 atom stereocenters. The van der Waals surface area contributed by atoms with Crippen molar-refractivity contribution < 1.29 is 9.90 Å². The van der Waals surface area contributed by atoms with E-state index in [1.807, 2.05) is 19.1 Å². The number of thiophene rings is 1. The van der Waals surface area contributed by atoms with Crippen molar-refractivity contribution in [3.8, 4) is 10.4 Å². The smallest absolute Gasteiger partial charge is 0.335 e. The molecule has 0 saturated heterocycles. The number of rotatable bonds is 2. The first-order valence-electron chi connectivity index (χ1n) is 4.67. The Hall–Kier alpha value is -1.32. The summed E-state index contributed by atoms with van der Waals surface area (Å²) in [7, 11) is 0. The lowest BCUT2D eigenvalue weighted by atomic mass is 10.1. The Morgan fingerprint density at radius 3 is 2.62 bits per heavy atom. The zero-order valence-corrected chi connectivity index (χ0v) is 10.1. The molecule has 4 heteroatoms. The van der Waals surface area contributed by atoms with E-state index in [0.717, 1.165) is 10.4 Å². The number of carbonyl (C=O) groups is 1. The molecule has 0 unspecified atom stereocenters. The molecule has 1 aromatic heterocycles. The molecule has 2 rings (SSSR count). The zero-order chi connectivity index (χ0) is 11.7. The van der Waals surface area contributed by atoms with Crippen LogP contribution in [0.15, 0.2) is 30.3 Å². The van der Waals surface area contributed by atoms with Crippen molar-refractivity contribution in [1.82, 2.24) is 0 Å². The lowest BCUT2D eigenvalue weighted by molar-refractivity contribution is 0.0697. The molecular formula is C12H9ClO2S. The van der Waals surface area contributed by atoms with E-state index in [1.54, 1.807) is 23.5 Å². The van der Waals surface area contributed by atoms with Crippen molar-refractivity contribution in [2.24, 2.45) is 0 Å². The number of aromatic carboxylic acids is 1. The van der Waals surface area contributed by atoms with Gasteiger partial charge in [0, 0.05) is 20.3 Å². The minimum Gasteiger partial charge on any atom is -0.478 e. The predicted octanol–water partition coefficient (Wildman–Crippen LogP) is 4.08. The molecule has 0 spiro atoms. The van der Waals surface area contributed by atoms with Gasteiger partial charge in [-0.05, 0) is 37.3 Å². The van der Waals surface area contributed by atoms with Gasteiger partial charge in [0.05, 0.1) is 5.56 Å². The van der Waals surface area contributed by atoms with Crippen molar-refractivity contribution in [1.29, 1.82) is 0 Å². The highest BCUT2D eigenvalue weighted by Gasteiger charge is 2.10. The maximum atomic E-state index is 10.9. The topological polar surface area (TPSA) is 37.3 Å². The molecule has 2 nitrogen and oxygen atoms in total. The lowest BCUT2D eigenvalue weighted by Crippen LogP contribution is -1.95. The molecule has 0 aliphatic rings. The maximum Gasteiger partial charge on any atom is 0.335 e. The summed E-state index contributed by atoms with van der Waals surface area (Å²) in [6.45, 7) is 2.00. The van der Waals surface area contributed by atoms with Crippen LogP contribution >= 0.6 is 22.9 Å². The van der Waals surface area contributed by atoms with E-state index in [0.29, 0.717) is 5.02 Å². The molecule has 0 radical (unpaired) electrons. The minimum atomic E-state index is -0.939. The number of benzene rings is 1. The third-order valence-electron chi connectivity index (χ3n) is 2.22. The highest BCUT2D eigenvalue weighted by Crippen LogP contribution is 2.33. The number of carboxylic acid groups (broad SMARTS) is 1. The summed E-state index contributed by atoms with van der Waals surface area (Å²) in [4.78, 5) is 13.0. The Kier molecular flexibility index (Phi) is 2.99. The van der Waals surface area contributed by atoms with Gasteiger partial charge in [0.15, 0.2) is 0 Å². The fourth-order valence-corrected chi connectivity index (χ4v) is 2.60. The van der Waals surface area contributed by atoms with Gasteiger partial charge in [0.2, 0.25) is 0 Å². The highest BCUT2D eigenvalue weighted by molar-refractivity contribution is 7.15. The summed E-state index contributed by atoms with van der Waals surface area (Å²) in [5, 5.41) is 9.49. The van der Waals surface area contributed by atoms with Gasteiger partial charge in [-0.3, -0.25) is 0 Å². The molecule has 1 heterocycles. The molecule has 16 heavy (non-hydrogen) atoms. The van der Waals surface area contributed by atoms with Gasteiger partial charge in [-0.1, -0.05) is 11.6 Å². The molecule has 0 saturated carbocycles. The van der Waals surface area contributed by atoms with Crippen LogP contribution < -0.4 is 0 Å². The Morgan fingerprint density at radius 2 is 2.06 bits per heavy atom. The molecule has 82 valence electrons. The van der Waals surface area contributed by atoms with E-state index in [1.165, 1.54) is 10.9 Å². The van der Waals surface area contributed by atoms with Gasteiger partial charge in [-0.2, -0.15) is 0 Å². The van der Waals surface area contributed by atoms with E-state index in [9.17, 15) is 4.79 Å². The quantitative estimate of drug-likeness (QED) is 0.875. The molecule has 0 aliphatic heterocycles. The third kappa shape index (κ3) is 2.10. The number of aryl methyl sites for hydroxylation is 1. The van der Waals surface area contributed by atoms with Crippen molar-refractivity contribution in [2.75, 3.05) is 0 Å². The van der Waals surface area contributed by atoms with E-state index >= 15 is 0 Å². The zero-order valence-electron chi connectivity index (χ0n) is 8.53. The summed E-state index contributed by atoms with van der Waals surface area (Å²) in [5.41, 5.74) is 1.03. The normalized spacial score (nSPS) is 10.4. The average Bonchev–Trinajstić information content (AvgIpc) is 2.65. The Morgan fingerprint density at radius 1 is 1.31 bits per heavy atom. The van der Waals surface area contributed by atoms with Crippen LogP contribution in [0.1, 0.15) is 15.2 Å². The van der Waals surface area contributed by atoms with Gasteiger partial charge >= 0.3 is 5.97 Å². The maximum absolute atomic E-state index is 10.9. The van der Waals surface area contributed by atoms with Crippen LogP contribution in [0.2, 0.25) is 5.02 Å². The number of hydrogen-bond donors (Lipinski definition) is 1. The van der Waals surface area contributed by atoms with E-state index in [2.05, 4.69) is 0 Å². The van der Waals surface area contributed by atoms with Gasteiger partial charge < -0.3 is 5.11 Å². The monoisotopic (exact) mass is 252 g/mol. The second-order valence-corrected chi connectivity index (χ2v) is 5.11. The first kappa shape index (κ1) is 11.2. The van der Waals surface area contributed by atoms with E-state index in [4.69, 9.17) is 16.7 Å². The molecule has 0 fully saturated rings. The number of carboxylic acids is 1. The predicted molar refractivity (Wildman–Crippen MR) is 66.5 cm³/mol. The Bertz CT molecular complexity index is 546. The Balaban J connectivity index is 2.55. The summed E-state index contributed by atoms with van der Waals surface area (Å²) in [6.07, 6.45) is 0. The second-order valence-electron chi connectivity index (χ2n) is 3.41. The van der Waals surface area contributed by atoms with Gasteiger partial charge in [-0.15, -0.1) is 11.3 Å². The molecular weight excluding hydrogens is 244 g/mol. The molecule has 2 aromatic rings. The molecule has 0 amide bonds. The van der Waals surface area contributed by atoms with Crippen LogP contribution in [0, 0.1) is 6.92 Å². The number of hydrogen-bond acceptors (Lipinski definition) is 2. The van der Waals surface area contributed by atoms with Gasteiger partial charge in [-0.25, -0.2) is 4.79 Å². The summed E-state index contributed by atoms with van der Waals surface area (Å²) < 4.78 is 0.